The van der Waals surface area contributed by atoms with E-state index in [0.717, 1.165) is 61.5 Å². The number of aromatic nitrogens is 6. The monoisotopic (exact) mass is 1620 g/mol. The third-order valence-corrected chi connectivity index (χ3v) is 25.3. The fourth-order valence-corrected chi connectivity index (χ4v) is 18.9. The van der Waals surface area contributed by atoms with E-state index in [9.17, 15) is 20.1 Å². The Balaban J connectivity index is 0.000000135. The van der Waals surface area contributed by atoms with Gasteiger partial charge in [0.05, 0.1) is 44.7 Å². The van der Waals surface area contributed by atoms with Gasteiger partial charge in [-0.25, -0.2) is 19.9 Å². The lowest BCUT2D eigenvalue weighted by Gasteiger charge is -2.32. The largest absolute Gasteiger partial charge is 0.494 e. The first-order valence-corrected chi connectivity index (χ1v) is 41.3. The number of benzene rings is 15. The average Bonchev–Trinajstić information content (AvgIpc) is 1.49. The predicted octanol–water partition coefficient (Wildman–Crippen LogP) is 22.4. The highest BCUT2D eigenvalue weighted by molar-refractivity contribution is 6.62. The lowest BCUT2D eigenvalue weighted by molar-refractivity contribution is 0.00578. The van der Waals surface area contributed by atoms with Crippen molar-refractivity contribution in [1.29, 1.82) is 0 Å². The summed E-state index contributed by atoms with van der Waals surface area (Å²) in [4.78, 5) is 17.8. The highest BCUT2D eigenvalue weighted by atomic mass is 35.5. The summed E-state index contributed by atoms with van der Waals surface area (Å²) in [5.74, 6) is 0.663. The van der Waals surface area contributed by atoms with Crippen molar-refractivity contribution in [2.75, 3.05) is 0 Å². The SMILES string of the molecule is CC1(C)c2ccc(-c3cc(-c4cccc(B5OC(C)(C)C(C)(C)O5)c4)nc(-c4ccc(-n5c6ccccc6c6c7ccccc7ccc65)cc4)n3)cc2-c2ccc3ccccc3c21.CC1(C)c2ccc(B(O)O)cc2-c2ccc3ccccc3c21.Clc1cc(Cl)nc(Cl)n1.OB(O)c1ccc(-n2c3ccccc3c3c4ccccc4ccc32)cc1. The van der Waals surface area contributed by atoms with Gasteiger partial charge in [0.1, 0.15) is 10.3 Å². The van der Waals surface area contributed by atoms with Crippen molar-refractivity contribution in [3.63, 3.8) is 0 Å². The molecule has 0 amide bonds. The minimum atomic E-state index is -1.45. The van der Waals surface area contributed by atoms with Gasteiger partial charge in [0.25, 0.3) is 0 Å². The Morgan fingerprint density at radius 3 is 1.21 bits per heavy atom. The van der Waals surface area contributed by atoms with Crippen LogP contribution in [0.3, 0.4) is 0 Å². The smallest absolute Gasteiger partial charge is 0.423 e. The Bertz CT molecular complexity index is 7270. The summed E-state index contributed by atoms with van der Waals surface area (Å²) in [5, 5.41) is 53.2. The van der Waals surface area contributed by atoms with Crippen LogP contribution in [-0.2, 0) is 20.1 Å². The number of fused-ring (bicyclic) bond motifs is 20. The van der Waals surface area contributed by atoms with Gasteiger partial charge in [-0.1, -0.05) is 287 Å². The number of halogens is 3. The molecule has 0 spiro atoms. The van der Waals surface area contributed by atoms with Crippen molar-refractivity contribution >= 4 is 159 Å². The van der Waals surface area contributed by atoms with E-state index in [1.54, 1.807) is 18.2 Å². The first-order chi connectivity index (χ1) is 57.9. The molecule has 19 aromatic rings. The number of para-hydroxylation sites is 2. The fraction of sp³-hybridized carbons (Fsp3) is 0.118. The molecule has 12 nitrogen and oxygen atoms in total. The average molecular weight is 1620 g/mol. The fourth-order valence-electron chi connectivity index (χ4n) is 18.2. The first-order valence-electron chi connectivity index (χ1n) is 40.2. The Hall–Kier alpha value is -12.1. The quantitative estimate of drug-likeness (QED) is 0.0655. The van der Waals surface area contributed by atoms with E-state index in [-0.39, 0.29) is 26.4 Å². The normalized spacial score (nSPS) is 14.3. The van der Waals surface area contributed by atoms with Gasteiger partial charge in [-0.3, -0.25) is 0 Å². The van der Waals surface area contributed by atoms with Crippen molar-refractivity contribution in [3.8, 4) is 67.5 Å². The molecule has 120 heavy (non-hydrogen) atoms. The van der Waals surface area contributed by atoms with Crippen molar-refractivity contribution < 1.29 is 29.4 Å². The van der Waals surface area contributed by atoms with Crippen LogP contribution >= 0.6 is 34.8 Å². The summed E-state index contributed by atoms with van der Waals surface area (Å²) in [6, 6.07) is 110. The minimum absolute atomic E-state index is 0.0625. The van der Waals surface area contributed by atoms with Gasteiger partial charge in [0, 0.05) is 60.9 Å². The molecule has 3 aliphatic rings. The van der Waals surface area contributed by atoms with Crippen LogP contribution in [0.2, 0.25) is 15.6 Å². The number of nitrogens with zero attached hydrogens (tertiary/aromatic N) is 6. The molecule has 15 aromatic carbocycles. The van der Waals surface area contributed by atoms with Crippen LogP contribution in [-0.4, -0.2) is 81.7 Å². The van der Waals surface area contributed by atoms with Gasteiger partial charge in [-0.2, -0.15) is 0 Å². The topological polar surface area (TPSA) is 161 Å². The van der Waals surface area contributed by atoms with Gasteiger partial charge in [0.2, 0.25) is 5.28 Å². The molecule has 1 fully saturated rings. The molecule has 584 valence electrons. The lowest BCUT2D eigenvalue weighted by atomic mass is 9.76. The van der Waals surface area contributed by atoms with Crippen LogP contribution in [0.4, 0.5) is 0 Å². The maximum Gasteiger partial charge on any atom is 0.494 e. The molecule has 18 heteroatoms. The maximum atomic E-state index is 9.46. The highest BCUT2D eigenvalue weighted by Crippen LogP contribution is 2.54. The zero-order chi connectivity index (χ0) is 82.8. The summed E-state index contributed by atoms with van der Waals surface area (Å²) in [7, 11) is -3.37. The molecule has 0 bridgehead atoms. The Kier molecular flexibility index (Phi) is 19.7. The molecule has 22 rings (SSSR count). The number of rotatable bonds is 8. The molecule has 2 aliphatic carbocycles. The van der Waals surface area contributed by atoms with Crippen molar-refractivity contribution in [3.05, 3.63) is 353 Å². The van der Waals surface area contributed by atoms with E-state index < -0.39 is 32.6 Å². The highest BCUT2D eigenvalue weighted by Gasteiger charge is 2.52. The summed E-state index contributed by atoms with van der Waals surface area (Å²) in [6.07, 6.45) is 0. The summed E-state index contributed by atoms with van der Waals surface area (Å²) < 4.78 is 17.6. The lowest BCUT2D eigenvalue weighted by Crippen LogP contribution is -2.41. The second-order valence-electron chi connectivity index (χ2n) is 33.1. The van der Waals surface area contributed by atoms with E-state index >= 15 is 0 Å². The van der Waals surface area contributed by atoms with Gasteiger partial charge < -0.3 is 38.5 Å². The molecule has 0 atom stereocenters. The molecule has 5 heterocycles. The molecule has 0 unspecified atom stereocenters. The molecule has 0 saturated carbocycles. The third kappa shape index (κ3) is 13.6. The van der Waals surface area contributed by atoms with Crippen LogP contribution < -0.4 is 16.4 Å². The molecule has 4 N–H and O–H groups in total. The van der Waals surface area contributed by atoms with E-state index in [0.29, 0.717) is 16.8 Å². The predicted molar refractivity (Wildman–Crippen MR) is 497 cm³/mol. The van der Waals surface area contributed by atoms with Crippen LogP contribution in [0.1, 0.15) is 77.6 Å². The van der Waals surface area contributed by atoms with Gasteiger partial charge >= 0.3 is 21.4 Å². The molecule has 4 aromatic heterocycles. The molecular weight excluding hydrogens is 1540 g/mol. The number of hydrogen-bond acceptors (Lipinski definition) is 10. The van der Waals surface area contributed by atoms with E-state index in [4.69, 9.17) is 54.1 Å². The van der Waals surface area contributed by atoms with Crippen LogP contribution in [0.5, 0.6) is 0 Å². The summed E-state index contributed by atoms with van der Waals surface area (Å²) in [5.41, 5.74) is 22.3. The summed E-state index contributed by atoms with van der Waals surface area (Å²) in [6.45, 7) is 17.5. The Morgan fingerprint density at radius 2 is 0.725 bits per heavy atom. The molecular formula is C102H80B3Cl3N6O6. The minimum Gasteiger partial charge on any atom is -0.423 e. The molecule has 1 saturated heterocycles. The first kappa shape index (κ1) is 77.8. The molecule has 0 radical (unpaired) electrons. The van der Waals surface area contributed by atoms with Crippen LogP contribution in [0, 0.1) is 0 Å². The standard InChI is InChI=1S/C57H46BN3O2.C22H16BNO2.C19H17BO2.C4HCl3N2/c1-55(2)47-30-25-39(33-46(47)44-29-24-36-15-8-10-19-43(36)53(44)55)49-34-48(38-16-13-17-40(32-38)58-62-56(3,4)57(5,6)63-58)59-54(60-49)37-22-27-41(28-23-37)61-50-21-12-11-20-45(50)52-42-18-9-7-14-35(42)26-31-51(52)61;25-23(26)16-10-12-17(13-11-16)24-20-8-4-3-7-19(20)22-18-6-2-1-5-15(18)9-14-21(22)24;1-19(2)17-10-8-13(20(21)22)11-16(17)15-9-7-12-5-3-4-6-14(12)18(15)19;5-2-1-3(6)9-4(7)8-2/h7-34H,1-6H3;1-14,25-26H;3-11,21-22H,1-2H3;1H. The summed E-state index contributed by atoms with van der Waals surface area (Å²) >= 11 is 16.2. The van der Waals surface area contributed by atoms with E-state index in [1.165, 1.54) is 121 Å². The maximum absolute atomic E-state index is 9.46. The van der Waals surface area contributed by atoms with Crippen LogP contribution in [0.15, 0.2) is 315 Å². The van der Waals surface area contributed by atoms with Gasteiger partial charge in [0.15, 0.2) is 5.82 Å². The van der Waals surface area contributed by atoms with Crippen molar-refractivity contribution in [1.82, 2.24) is 29.1 Å². The van der Waals surface area contributed by atoms with Crippen LogP contribution in [0.25, 0.3) is 154 Å². The third-order valence-electron chi connectivity index (χ3n) is 24.7. The van der Waals surface area contributed by atoms with Crippen molar-refractivity contribution in [2.45, 2.75) is 77.4 Å². The van der Waals surface area contributed by atoms with E-state index in [1.807, 2.05) is 30.3 Å². The van der Waals surface area contributed by atoms with Gasteiger partial charge in [-0.05, 0) is 222 Å². The Labute approximate surface area is 711 Å². The van der Waals surface area contributed by atoms with Gasteiger partial charge in [-0.15, -0.1) is 0 Å². The zero-order valence-corrected chi connectivity index (χ0v) is 69.4. The number of hydrogen-bond donors (Lipinski definition) is 4. The van der Waals surface area contributed by atoms with Crippen molar-refractivity contribution in [2.24, 2.45) is 0 Å². The van der Waals surface area contributed by atoms with E-state index in [2.05, 4.69) is 335 Å². The Morgan fingerprint density at radius 1 is 0.325 bits per heavy atom. The zero-order valence-electron chi connectivity index (χ0n) is 67.2. The second-order valence-corrected chi connectivity index (χ2v) is 34.3. The second kappa shape index (κ2) is 30.3. The molecule has 1 aliphatic heterocycles.